The van der Waals surface area contributed by atoms with Crippen molar-refractivity contribution in [2.24, 2.45) is 11.5 Å². The zero-order chi connectivity index (χ0) is 12.3. The summed E-state index contributed by atoms with van der Waals surface area (Å²) in [5.41, 5.74) is 16.7. The highest BCUT2D eigenvalue weighted by Gasteiger charge is 2.28. The number of benzene rings is 1. The van der Waals surface area contributed by atoms with Crippen LogP contribution in [0.4, 0.5) is 5.69 Å². The number of hydrogen-bond donors (Lipinski definition) is 4. The van der Waals surface area contributed by atoms with Gasteiger partial charge < -0.3 is 22.3 Å². The van der Waals surface area contributed by atoms with Gasteiger partial charge in [0.2, 0.25) is 0 Å². The number of rotatable bonds is 4. The van der Waals surface area contributed by atoms with E-state index in [0.29, 0.717) is 0 Å². The van der Waals surface area contributed by atoms with Gasteiger partial charge in [-0.3, -0.25) is 9.59 Å². The van der Waals surface area contributed by atoms with Crippen LogP contribution in [0.1, 0.15) is 10.4 Å². The highest BCUT2D eigenvalue weighted by atomic mass is 16.4. The normalized spacial score (nSPS) is 14.1. The fourth-order valence-corrected chi connectivity index (χ4v) is 1.22. The second-order valence-corrected chi connectivity index (χ2v) is 3.34. The molecule has 7 N–H and O–H groups in total. The Labute approximate surface area is 92.0 Å². The smallest absolute Gasteiger partial charge is 0.322 e. The van der Waals surface area contributed by atoms with Gasteiger partial charge in [0.15, 0.2) is 5.78 Å². The third-order valence-corrected chi connectivity index (χ3v) is 2.20. The zero-order valence-electron chi connectivity index (χ0n) is 8.46. The first-order chi connectivity index (χ1) is 7.45. The van der Waals surface area contributed by atoms with Gasteiger partial charge in [-0.2, -0.15) is 0 Å². The monoisotopic (exact) mass is 223 g/mol. The fourth-order valence-electron chi connectivity index (χ4n) is 1.22. The Morgan fingerprint density at radius 2 is 1.69 bits per heavy atom. The number of Topliss-reactive ketones (excluding diaryl/α,β-unsaturated/α-hetero) is 1. The van der Waals surface area contributed by atoms with Crippen molar-refractivity contribution in [3.05, 3.63) is 29.8 Å². The summed E-state index contributed by atoms with van der Waals surface area (Å²) in [6.07, 6.45) is 0. The first kappa shape index (κ1) is 12.2. The Bertz CT molecular complexity index is 420. The van der Waals surface area contributed by atoms with E-state index in [9.17, 15) is 9.59 Å². The number of carboxylic acid groups (broad SMARTS) is 1. The zero-order valence-corrected chi connectivity index (χ0v) is 8.46. The maximum Gasteiger partial charge on any atom is 0.322 e. The van der Waals surface area contributed by atoms with Crippen LogP contribution in [0.15, 0.2) is 24.3 Å². The Balaban J connectivity index is 2.95. The van der Waals surface area contributed by atoms with Gasteiger partial charge in [0.25, 0.3) is 0 Å². The van der Waals surface area contributed by atoms with Crippen LogP contribution in [0.2, 0.25) is 0 Å². The first-order valence-corrected chi connectivity index (χ1v) is 4.58. The predicted molar refractivity (Wildman–Crippen MR) is 58.8 cm³/mol. The van der Waals surface area contributed by atoms with Crippen molar-refractivity contribution in [3.63, 3.8) is 0 Å². The summed E-state index contributed by atoms with van der Waals surface area (Å²) in [6.45, 7) is 0. The molecule has 0 spiro atoms. The van der Waals surface area contributed by atoms with Crippen LogP contribution in [0.5, 0.6) is 0 Å². The molecule has 0 radical (unpaired) electrons. The molecule has 1 aromatic carbocycles. The quantitative estimate of drug-likeness (QED) is 0.390. The lowest BCUT2D eigenvalue weighted by atomic mass is 9.98. The summed E-state index contributed by atoms with van der Waals surface area (Å²) >= 11 is 0. The number of anilines is 1. The van der Waals surface area contributed by atoms with E-state index in [1.165, 1.54) is 12.1 Å². The molecule has 86 valence electrons. The molecule has 16 heavy (non-hydrogen) atoms. The highest BCUT2D eigenvalue weighted by Crippen LogP contribution is 2.13. The van der Waals surface area contributed by atoms with Crippen molar-refractivity contribution in [1.29, 1.82) is 0 Å². The van der Waals surface area contributed by atoms with Crippen LogP contribution >= 0.6 is 0 Å². The number of carboxylic acids is 1. The number of nitrogens with two attached hydrogens (primary N) is 3. The fraction of sp³-hybridized carbons (Fsp3) is 0.200. The molecular formula is C10H13N3O3. The maximum absolute atomic E-state index is 11.8. The molecule has 0 aromatic heterocycles. The van der Waals surface area contributed by atoms with Crippen LogP contribution in [0, 0.1) is 0 Å². The third-order valence-electron chi connectivity index (χ3n) is 2.20. The molecule has 0 bridgehead atoms. The molecule has 0 fully saturated rings. The van der Waals surface area contributed by atoms with Crippen LogP contribution in [-0.2, 0) is 4.79 Å². The van der Waals surface area contributed by atoms with E-state index < -0.39 is 23.8 Å². The molecule has 0 aliphatic carbocycles. The van der Waals surface area contributed by atoms with Gasteiger partial charge in [0, 0.05) is 11.3 Å². The highest BCUT2D eigenvalue weighted by molar-refractivity contribution is 6.06. The van der Waals surface area contributed by atoms with Gasteiger partial charge in [0.05, 0.1) is 6.04 Å². The molecule has 1 rings (SSSR count). The molecule has 0 amide bonds. The molecule has 0 aliphatic heterocycles. The molecule has 2 atom stereocenters. The number of nitrogen functional groups attached to an aromatic ring is 1. The Morgan fingerprint density at radius 1 is 1.12 bits per heavy atom. The minimum Gasteiger partial charge on any atom is -0.480 e. The standard InChI is InChI=1S/C10H13N3O3/c11-6-4-2-1-3-5(6)9(14)7(12)8(13)10(15)16/h1-4,7-8H,11-13H2,(H,15,16). The van der Waals surface area contributed by atoms with Gasteiger partial charge in [-0.25, -0.2) is 0 Å². The average molecular weight is 223 g/mol. The van der Waals surface area contributed by atoms with Crippen molar-refractivity contribution in [2.45, 2.75) is 12.1 Å². The van der Waals surface area contributed by atoms with E-state index in [-0.39, 0.29) is 11.3 Å². The van der Waals surface area contributed by atoms with E-state index in [4.69, 9.17) is 22.3 Å². The van der Waals surface area contributed by atoms with Gasteiger partial charge in [-0.05, 0) is 12.1 Å². The summed E-state index contributed by atoms with van der Waals surface area (Å²) in [6, 6.07) is 3.55. The second kappa shape index (κ2) is 4.73. The van der Waals surface area contributed by atoms with Gasteiger partial charge in [0.1, 0.15) is 6.04 Å². The van der Waals surface area contributed by atoms with E-state index in [1.807, 2.05) is 0 Å². The molecule has 0 saturated heterocycles. The van der Waals surface area contributed by atoms with Crippen LogP contribution in [0.25, 0.3) is 0 Å². The van der Waals surface area contributed by atoms with Crippen molar-refractivity contribution in [3.8, 4) is 0 Å². The number of carbonyl (C=O) groups is 2. The molecule has 0 aliphatic rings. The summed E-state index contributed by atoms with van der Waals surface area (Å²) in [7, 11) is 0. The topological polar surface area (TPSA) is 132 Å². The van der Waals surface area contributed by atoms with Crippen molar-refractivity contribution in [2.75, 3.05) is 5.73 Å². The van der Waals surface area contributed by atoms with Crippen LogP contribution in [-0.4, -0.2) is 28.9 Å². The third kappa shape index (κ3) is 2.36. The number of hydrogen-bond acceptors (Lipinski definition) is 5. The Hall–Kier alpha value is -1.92. The van der Waals surface area contributed by atoms with Crippen molar-refractivity contribution in [1.82, 2.24) is 0 Å². The largest absolute Gasteiger partial charge is 0.480 e. The second-order valence-electron chi connectivity index (χ2n) is 3.34. The lowest BCUT2D eigenvalue weighted by Gasteiger charge is -2.15. The van der Waals surface area contributed by atoms with Crippen molar-refractivity contribution < 1.29 is 14.7 Å². The number of aliphatic carboxylic acids is 1. The Kier molecular flexibility index (Phi) is 3.60. The molecule has 0 saturated carbocycles. The lowest BCUT2D eigenvalue weighted by molar-refractivity contribution is -0.138. The number of para-hydroxylation sites is 1. The summed E-state index contributed by atoms with van der Waals surface area (Å²) < 4.78 is 0. The van der Waals surface area contributed by atoms with E-state index in [0.717, 1.165) is 0 Å². The van der Waals surface area contributed by atoms with E-state index >= 15 is 0 Å². The molecule has 2 unspecified atom stereocenters. The Morgan fingerprint density at radius 3 is 2.19 bits per heavy atom. The summed E-state index contributed by atoms with van der Waals surface area (Å²) in [5, 5.41) is 8.63. The molecular weight excluding hydrogens is 210 g/mol. The molecule has 6 heteroatoms. The summed E-state index contributed by atoms with van der Waals surface area (Å²) in [4.78, 5) is 22.3. The molecule has 0 heterocycles. The maximum atomic E-state index is 11.8. The SMILES string of the molecule is Nc1ccccc1C(=O)C(N)C(N)C(=O)O. The minimum atomic E-state index is -1.44. The van der Waals surface area contributed by atoms with Gasteiger partial charge in [-0.15, -0.1) is 0 Å². The molecule has 1 aromatic rings. The predicted octanol–water partition coefficient (Wildman–Crippen LogP) is -0.809. The lowest BCUT2D eigenvalue weighted by Crippen LogP contribution is -2.51. The molecule has 6 nitrogen and oxygen atoms in total. The van der Waals surface area contributed by atoms with Gasteiger partial charge in [-0.1, -0.05) is 12.1 Å². The van der Waals surface area contributed by atoms with Crippen molar-refractivity contribution >= 4 is 17.4 Å². The average Bonchev–Trinajstić information content (AvgIpc) is 2.26. The summed E-state index contributed by atoms with van der Waals surface area (Å²) in [5.74, 6) is -1.90. The number of carbonyl (C=O) groups excluding carboxylic acids is 1. The minimum absolute atomic E-state index is 0.187. The van der Waals surface area contributed by atoms with Gasteiger partial charge >= 0.3 is 5.97 Å². The number of ketones is 1. The van der Waals surface area contributed by atoms with Crippen LogP contribution < -0.4 is 17.2 Å². The van der Waals surface area contributed by atoms with Crippen LogP contribution in [0.3, 0.4) is 0 Å². The van der Waals surface area contributed by atoms with E-state index in [1.54, 1.807) is 12.1 Å². The first-order valence-electron chi connectivity index (χ1n) is 4.58. The van der Waals surface area contributed by atoms with E-state index in [2.05, 4.69) is 0 Å².